The molecule has 0 N–H and O–H groups in total. The van der Waals surface area contributed by atoms with Crippen molar-refractivity contribution in [3.8, 4) is 0 Å². The molecule has 0 spiro atoms. The molecular formula is C9HF11O4S2. The molecule has 1 rings (SSSR count). The van der Waals surface area contributed by atoms with Crippen molar-refractivity contribution < 1.29 is 65.1 Å². The van der Waals surface area contributed by atoms with E-state index in [2.05, 4.69) is 0 Å². The van der Waals surface area contributed by atoms with Crippen LogP contribution in [0.2, 0.25) is 0 Å². The van der Waals surface area contributed by atoms with Gasteiger partial charge in [0, 0.05) is 0 Å². The Kier molecular flexibility index (Phi) is 5.35. The standard InChI is InChI=1S/C9HF11O4S2/c10-2-1(3(11)5(13)6(14)4(2)12)7(25(21,22)8(15,16)17)26(23,24)9(18,19)20/h7H. The Labute approximate surface area is 136 Å². The van der Waals surface area contributed by atoms with Gasteiger partial charge in [-0.3, -0.25) is 0 Å². The molecule has 0 saturated heterocycles. The van der Waals surface area contributed by atoms with Crippen LogP contribution in [0.1, 0.15) is 10.1 Å². The van der Waals surface area contributed by atoms with Gasteiger partial charge in [0.05, 0.1) is 5.56 Å². The van der Waals surface area contributed by atoms with Crippen molar-refractivity contribution in [1.82, 2.24) is 0 Å². The van der Waals surface area contributed by atoms with Gasteiger partial charge in [-0.1, -0.05) is 0 Å². The predicted molar refractivity (Wildman–Crippen MR) is 58.9 cm³/mol. The van der Waals surface area contributed by atoms with Crippen LogP contribution < -0.4 is 0 Å². The average molecular weight is 446 g/mol. The number of benzene rings is 1. The van der Waals surface area contributed by atoms with Crippen LogP contribution in [0.25, 0.3) is 0 Å². The number of rotatable bonds is 3. The van der Waals surface area contributed by atoms with Crippen LogP contribution in [0.15, 0.2) is 0 Å². The number of hydrogen-bond acceptors (Lipinski definition) is 4. The number of sulfone groups is 2. The van der Waals surface area contributed by atoms with Gasteiger partial charge >= 0.3 is 11.0 Å². The van der Waals surface area contributed by atoms with Gasteiger partial charge in [0.2, 0.25) is 10.4 Å². The molecule has 0 radical (unpaired) electrons. The van der Waals surface area contributed by atoms with Crippen LogP contribution in [-0.2, 0) is 19.7 Å². The Morgan fingerprint density at radius 3 is 1.00 bits per heavy atom. The summed E-state index contributed by atoms with van der Waals surface area (Å²) >= 11 is 0. The van der Waals surface area contributed by atoms with Crippen molar-refractivity contribution in [3.63, 3.8) is 0 Å². The van der Waals surface area contributed by atoms with Crippen molar-refractivity contribution in [2.24, 2.45) is 0 Å². The molecule has 4 nitrogen and oxygen atoms in total. The van der Waals surface area contributed by atoms with Gasteiger partial charge in [-0.15, -0.1) is 0 Å². The van der Waals surface area contributed by atoms with E-state index in [1.165, 1.54) is 0 Å². The molecule has 0 amide bonds. The van der Waals surface area contributed by atoms with Crippen LogP contribution in [0.3, 0.4) is 0 Å². The third-order valence-corrected chi connectivity index (χ3v) is 7.10. The van der Waals surface area contributed by atoms with Crippen molar-refractivity contribution in [3.05, 3.63) is 34.6 Å². The summed E-state index contributed by atoms with van der Waals surface area (Å²) in [6, 6.07) is 0. The summed E-state index contributed by atoms with van der Waals surface area (Å²) in [5, 5.41) is 0. The molecule has 0 aliphatic heterocycles. The summed E-state index contributed by atoms with van der Waals surface area (Å²) in [7, 11) is -15.3. The Balaban J connectivity index is 4.19. The quantitative estimate of drug-likeness (QED) is 0.406. The van der Waals surface area contributed by atoms with Gasteiger partial charge in [0.25, 0.3) is 19.7 Å². The smallest absolute Gasteiger partial charge is 0.218 e. The van der Waals surface area contributed by atoms with E-state index >= 15 is 0 Å². The highest BCUT2D eigenvalue weighted by molar-refractivity contribution is 8.09. The minimum absolute atomic E-state index is 3.07. The molecule has 0 aromatic heterocycles. The first-order chi connectivity index (χ1) is 11.3. The van der Waals surface area contributed by atoms with E-state index in [4.69, 9.17) is 0 Å². The summed E-state index contributed by atoms with van der Waals surface area (Å²) in [5.74, 6) is -16.4. The van der Waals surface area contributed by atoms with E-state index < -0.39 is 69.9 Å². The molecule has 17 heteroatoms. The fraction of sp³-hybridized carbons (Fsp3) is 0.333. The van der Waals surface area contributed by atoms with Crippen LogP contribution in [-0.4, -0.2) is 27.9 Å². The molecule has 26 heavy (non-hydrogen) atoms. The van der Waals surface area contributed by atoms with E-state index in [9.17, 15) is 65.1 Å². The largest absolute Gasteiger partial charge is 0.499 e. The molecule has 0 unspecified atom stereocenters. The second-order valence-electron chi connectivity index (χ2n) is 4.30. The first-order valence-corrected chi connectivity index (χ1v) is 8.51. The van der Waals surface area contributed by atoms with E-state index in [-0.39, 0.29) is 0 Å². The third kappa shape index (κ3) is 3.21. The van der Waals surface area contributed by atoms with Gasteiger partial charge in [0.15, 0.2) is 23.3 Å². The van der Waals surface area contributed by atoms with Crippen molar-refractivity contribution >= 4 is 19.7 Å². The third-order valence-electron chi connectivity index (χ3n) is 2.69. The van der Waals surface area contributed by atoms with Gasteiger partial charge in [-0.2, -0.15) is 26.3 Å². The van der Waals surface area contributed by atoms with E-state index in [1.807, 2.05) is 0 Å². The summed E-state index contributed by atoms with van der Waals surface area (Å²) in [5.41, 5.74) is -17.1. The maximum Gasteiger partial charge on any atom is 0.499 e. The first kappa shape index (κ1) is 22.4. The minimum atomic E-state index is -7.67. The minimum Gasteiger partial charge on any atom is -0.218 e. The normalized spacial score (nSPS) is 14.2. The summed E-state index contributed by atoms with van der Waals surface area (Å²) < 4.78 is 180. The van der Waals surface area contributed by atoms with Crippen LogP contribution in [0, 0.1) is 29.1 Å². The molecule has 0 aliphatic carbocycles. The molecular weight excluding hydrogens is 445 g/mol. The maximum atomic E-state index is 13.5. The van der Waals surface area contributed by atoms with Gasteiger partial charge in [-0.25, -0.2) is 38.8 Å². The Bertz CT molecular complexity index is 870. The highest BCUT2D eigenvalue weighted by Gasteiger charge is 2.65. The second-order valence-corrected chi connectivity index (χ2v) is 8.64. The number of alkyl halides is 6. The summed E-state index contributed by atoms with van der Waals surface area (Å²) in [6.45, 7) is 0. The molecule has 0 fully saturated rings. The predicted octanol–water partition coefficient (Wildman–Crippen LogP) is 3.25. The SMILES string of the molecule is O=S(=O)(C(c1c(F)c(F)c(F)c(F)c1F)S(=O)(=O)C(F)(F)F)C(F)(F)F. The van der Waals surface area contributed by atoms with E-state index in [0.717, 1.165) is 0 Å². The highest BCUT2D eigenvalue weighted by atomic mass is 32.3. The Hall–Kier alpha value is -1.65. The monoisotopic (exact) mass is 446 g/mol. The van der Waals surface area contributed by atoms with E-state index in [0.29, 0.717) is 0 Å². The molecule has 0 heterocycles. The zero-order chi connectivity index (χ0) is 21.0. The zero-order valence-corrected chi connectivity index (χ0v) is 12.8. The Morgan fingerprint density at radius 2 is 0.769 bits per heavy atom. The lowest BCUT2D eigenvalue weighted by molar-refractivity contribution is -0.0473. The maximum absolute atomic E-state index is 13.5. The molecule has 0 saturated carbocycles. The number of hydrogen-bond donors (Lipinski definition) is 0. The molecule has 1 aromatic rings. The van der Waals surface area contributed by atoms with Crippen LogP contribution in [0.5, 0.6) is 0 Å². The van der Waals surface area contributed by atoms with Gasteiger partial charge < -0.3 is 0 Å². The lowest BCUT2D eigenvalue weighted by Gasteiger charge is -2.22. The highest BCUT2D eigenvalue weighted by Crippen LogP contribution is 2.47. The van der Waals surface area contributed by atoms with Crippen molar-refractivity contribution in [2.45, 2.75) is 15.6 Å². The molecule has 0 bridgehead atoms. The summed E-state index contributed by atoms with van der Waals surface area (Å²) in [4.78, 5) is 0. The molecule has 150 valence electrons. The number of halogens is 11. The van der Waals surface area contributed by atoms with Gasteiger partial charge in [-0.05, 0) is 0 Å². The van der Waals surface area contributed by atoms with Crippen LogP contribution >= 0.6 is 0 Å². The average Bonchev–Trinajstić information content (AvgIpc) is 2.44. The topological polar surface area (TPSA) is 68.3 Å². The molecule has 1 aromatic carbocycles. The van der Waals surface area contributed by atoms with Crippen LogP contribution in [0.4, 0.5) is 48.3 Å². The lowest BCUT2D eigenvalue weighted by Crippen LogP contribution is -2.40. The fourth-order valence-electron chi connectivity index (χ4n) is 1.55. The molecule has 0 aliphatic rings. The lowest BCUT2D eigenvalue weighted by atomic mass is 10.2. The van der Waals surface area contributed by atoms with Crippen molar-refractivity contribution in [1.29, 1.82) is 0 Å². The first-order valence-electron chi connectivity index (χ1n) is 5.41. The second kappa shape index (κ2) is 6.21. The van der Waals surface area contributed by atoms with E-state index in [1.54, 1.807) is 0 Å². The van der Waals surface area contributed by atoms with Crippen molar-refractivity contribution in [2.75, 3.05) is 0 Å². The van der Waals surface area contributed by atoms with Gasteiger partial charge in [0.1, 0.15) is 0 Å². The zero-order valence-electron chi connectivity index (χ0n) is 11.2. The molecule has 0 atom stereocenters. The summed E-state index contributed by atoms with van der Waals surface area (Å²) in [6.07, 6.45) is 0. The fourth-order valence-corrected chi connectivity index (χ4v) is 5.06. The Morgan fingerprint density at radius 1 is 0.538 bits per heavy atom.